The SMILES string of the molecule is CCC1(C(F)F)CC(N2CCC(C)(Cc3cccc(C#N)c3)CC2)=NN1C(=O)c1ccncc1. The second-order valence-corrected chi connectivity index (χ2v) is 9.59. The summed E-state index contributed by atoms with van der Waals surface area (Å²) in [5, 5.41) is 14.7. The fourth-order valence-corrected chi connectivity index (χ4v) is 4.96. The van der Waals surface area contributed by atoms with Crippen LogP contribution < -0.4 is 0 Å². The van der Waals surface area contributed by atoms with Gasteiger partial charge >= 0.3 is 0 Å². The van der Waals surface area contributed by atoms with Crippen molar-refractivity contribution in [3.05, 3.63) is 65.5 Å². The maximum Gasteiger partial charge on any atom is 0.274 e. The van der Waals surface area contributed by atoms with E-state index in [2.05, 4.69) is 28.0 Å². The van der Waals surface area contributed by atoms with Gasteiger partial charge < -0.3 is 4.90 Å². The molecule has 0 aliphatic carbocycles. The molecule has 4 rings (SSSR count). The van der Waals surface area contributed by atoms with Crippen LogP contribution in [0.15, 0.2) is 53.9 Å². The number of nitriles is 1. The van der Waals surface area contributed by atoms with Gasteiger partial charge in [0.1, 0.15) is 11.4 Å². The largest absolute Gasteiger partial charge is 0.358 e. The van der Waals surface area contributed by atoms with E-state index in [4.69, 9.17) is 5.26 Å². The van der Waals surface area contributed by atoms with Crippen LogP contribution in [0, 0.1) is 16.7 Å². The Balaban J connectivity index is 1.51. The predicted molar refractivity (Wildman–Crippen MR) is 125 cm³/mol. The topological polar surface area (TPSA) is 72.6 Å². The fraction of sp³-hybridized carbons (Fsp3) is 0.462. The van der Waals surface area contributed by atoms with Crippen molar-refractivity contribution < 1.29 is 13.6 Å². The molecule has 0 N–H and O–H groups in total. The van der Waals surface area contributed by atoms with E-state index < -0.39 is 17.9 Å². The molecule has 0 radical (unpaired) electrons. The van der Waals surface area contributed by atoms with Gasteiger partial charge in [-0.1, -0.05) is 26.0 Å². The smallest absolute Gasteiger partial charge is 0.274 e. The van der Waals surface area contributed by atoms with Gasteiger partial charge in [0.2, 0.25) is 0 Å². The van der Waals surface area contributed by atoms with Crippen LogP contribution in [0.1, 0.15) is 61.0 Å². The number of carbonyl (C=O) groups is 1. The quantitative estimate of drug-likeness (QED) is 0.632. The van der Waals surface area contributed by atoms with Gasteiger partial charge in [-0.25, -0.2) is 13.8 Å². The van der Waals surface area contributed by atoms with Crippen LogP contribution in [-0.4, -0.2) is 51.7 Å². The van der Waals surface area contributed by atoms with Crippen LogP contribution >= 0.6 is 0 Å². The number of hydrogen-bond donors (Lipinski definition) is 0. The molecule has 178 valence electrons. The number of amides is 1. The summed E-state index contributed by atoms with van der Waals surface area (Å²) in [6.07, 6.45) is 2.97. The minimum Gasteiger partial charge on any atom is -0.358 e. The van der Waals surface area contributed by atoms with E-state index in [1.165, 1.54) is 24.5 Å². The molecule has 8 heteroatoms. The van der Waals surface area contributed by atoms with Gasteiger partial charge in [-0.05, 0) is 60.9 Å². The van der Waals surface area contributed by atoms with Crippen molar-refractivity contribution >= 4 is 11.7 Å². The minimum atomic E-state index is -2.72. The van der Waals surface area contributed by atoms with Crippen LogP contribution in [0.25, 0.3) is 0 Å². The third kappa shape index (κ3) is 4.52. The third-order valence-corrected chi connectivity index (χ3v) is 7.26. The molecule has 1 saturated heterocycles. The van der Waals surface area contributed by atoms with E-state index in [1.54, 1.807) is 13.0 Å². The van der Waals surface area contributed by atoms with Crippen LogP contribution in [0.5, 0.6) is 0 Å². The fourth-order valence-electron chi connectivity index (χ4n) is 4.96. The number of hydrazone groups is 1. The highest BCUT2D eigenvalue weighted by molar-refractivity contribution is 5.98. The second-order valence-electron chi connectivity index (χ2n) is 9.59. The molecule has 2 aliphatic heterocycles. The highest BCUT2D eigenvalue weighted by Gasteiger charge is 2.53. The summed E-state index contributed by atoms with van der Waals surface area (Å²) in [4.78, 5) is 19.1. The van der Waals surface area contributed by atoms with Crippen molar-refractivity contribution in [3.63, 3.8) is 0 Å². The monoisotopic (exact) mass is 465 g/mol. The maximum atomic E-state index is 14.4. The molecule has 1 aromatic heterocycles. The Bertz CT molecular complexity index is 1110. The molecule has 2 aliphatic rings. The molecule has 1 amide bonds. The van der Waals surface area contributed by atoms with E-state index in [-0.39, 0.29) is 18.3 Å². The van der Waals surface area contributed by atoms with Crippen molar-refractivity contribution in [1.29, 1.82) is 5.26 Å². The third-order valence-electron chi connectivity index (χ3n) is 7.26. The number of likely N-dealkylation sites (tertiary alicyclic amines) is 1. The van der Waals surface area contributed by atoms with Gasteiger partial charge in [0.25, 0.3) is 12.3 Å². The van der Waals surface area contributed by atoms with Gasteiger partial charge in [0, 0.05) is 37.5 Å². The first-order chi connectivity index (χ1) is 16.3. The summed E-state index contributed by atoms with van der Waals surface area (Å²) < 4.78 is 28.7. The van der Waals surface area contributed by atoms with Crippen molar-refractivity contribution in [2.75, 3.05) is 13.1 Å². The zero-order valence-corrected chi connectivity index (χ0v) is 19.5. The molecule has 34 heavy (non-hydrogen) atoms. The number of amidine groups is 1. The van der Waals surface area contributed by atoms with Crippen LogP contribution in [0.4, 0.5) is 8.78 Å². The summed E-state index contributed by atoms with van der Waals surface area (Å²) >= 11 is 0. The number of rotatable bonds is 5. The molecule has 0 saturated carbocycles. The van der Waals surface area contributed by atoms with Gasteiger partial charge in [-0.15, -0.1) is 0 Å². The van der Waals surface area contributed by atoms with E-state index in [1.807, 2.05) is 18.2 Å². The molecule has 1 aromatic carbocycles. The van der Waals surface area contributed by atoms with Gasteiger partial charge in [-0.3, -0.25) is 9.78 Å². The first-order valence-corrected chi connectivity index (χ1v) is 11.6. The molecule has 0 spiro atoms. The van der Waals surface area contributed by atoms with Gasteiger partial charge in [0.05, 0.1) is 11.6 Å². The zero-order chi connectivity index (χ0) is 24.3. The Labute approximate surface area is 198 Å². The normalized spacial score (nSPS) is 21.9. The van der Waals surface area contributed by atoms with Crippen molar-refractivity contribution in [3.8, 4) is 6.07 Å². The number of aromatic nitrogens is 1. The van der Waals surface area contributed by atoms with Crippen LogP contribution in [0.2, 0.25) is 0 Å². The lowest BCUT2D eigenvalue weighted by Gasteiger charge is -2.40. The molecule has 0 bridgehead atoms. The average Bonchev–Trinajstić information content (AvgIpc) is 3.25. The van der Waals surface area contributed by atoms with Crippen molar-refractivity contribution in [2.24, 2.45) is 10.5 Å². The highest BCUT2D eigenvalue weighted by Crippen LogP contribution is 2.41. The summed E-state index contributed by atoms with van der Waals surface area (Å²) in [5.41, 5.74) is 0.477. The second kappa shape index (κ2) is 9.49. The Morgan fingerprint density at radius 3 is 2.53 bits per heavy atom. The lowest BCUT2D eigenvalue weighted by Crippen LogP contribution is -2.51. The number of halogens is 2. The van der Waals surface area contributed by atoms with Crippen molar-refractivity contribution in [2.45, 2.75) is 57.9 Å². The number of nitrogens with zero attached hydrogens (tertiary/aromatic N) is 5. The molecule has 6 nitrogen and oxygen atoms in total. The number of hydrogen-bond acceptors (Lipinski definition) is 5. The lowest BCUT2D eigenvalue weighted by atomic mass is 9.75. The average molecular weight is 466 g/mol. The highest BCUT2D eigenvalue weighted by atomic mass is 19.3. The number of benzene rings is 1. The maximum absolute atomic E-state index is 14.4. The molecular weight excluding hydrogens is 436 g/mol. The Hall–Kier alpha value is -3.34. The molecule has 1 atom stereocenters. The summed E-state index contributed by atoms with van der Waals surface area (Å²) in [7, 11) is 0. The molecule has 1 unspecified atom stereocenters. The molecule has 3 heterocycles. The number of piperidine rings is 1. The van der Waals surface area contributed by atoms with E-state index in [0.29, 0.717) is 30.1 Å². The minimum absolute atomic E-state index is 0.0406. The van der Waals surface area contributed by atoms with E-state index in [9.17, 15) is 13.6 Å². The Kier molecular flexibility index (Phi) is 6.65. The first-order valence-electron chi connectivity index (χ1n) is 11.6. The summed E-state index contributed by atoms with van der Waals surface area (Å²) in [6, 6.07) is 12.9. The number of pyridine rings is 1. The van der Waals surface area contributed by atoms with Crippen LogP contribution in [-0.2, 0) is 6.42 Å². The first kappa shape index (κ1) is 23.8. The number of carbonyl (C=O) groups excluding carboxylic acids is 1. The van der Waals surface area contributed by atoms with Crippen LogP contribution in [0.3, 0.4) is 0 Å². The standard InChI is InChI=1S/C26H29F2N5O/c1-3-26(24(27)28)17-22(31-33(26)23(34)21-7-11-30-12-8-21)32-13-9-25(2,10-14-32)16-19-5-4-6-20(15-19)18-29/h4-8,11-12,15,24H,3,9-10,13-14,16-17H2,1-2H3. The lowest BCUT2D eigenvalue weighted by molar-refractivity contribution is -0.0319. The number of alkyl halides is 2. The Morgan fingerprint density at radius 2 is 1.91 bits per heavy atom. The zero-order valence-electron chi connectivity index (χ0n) is 19.5. The van der Waals surface area contributed by atoms with E-state index in [0.717, 1.165) is 29.8 Å². The van der Waals surface area contributed by atoms with Gasteiger partial charge in [-0.2, -0.15) is 10.4 Å². The molecule has 2 aromatic rings. The Morgan fingerprint density at radius 1 is 1.21 bits per heavy atom. The predicted octanol–water partition coefficient (Wildman–Crippen LogP) is 4.87. The molecular formula is C26H29F2N5O. The molecule has 1 fully saturated rings. The van der Waals surface area contributed by atoms with Gasteiger partial charge in [0.15, 0.2) is 0 Å². The summed E-state index contributed by atoms with van der Waals surface area (Å²) in [5.74, 6) is 0.0249. The van der Waals surface area contributed by atoms with Crippen molar-refractivity contribution in [1.82, 2.24) is 14.9 Å². The summed E-state index contributed by atoms with van der Waals surface area (Å²) in [6.45, 7) is 5.29. The van der Waals surface area contributed by atoms with E-state index >= 15 is 0 Å².